The number of halogens is 1. The van der Waals surface area contributed by atoms with E-state index < -0.39 is 0 Å². The summed E-state index contributed by atoms with van der Waals surface area (Å²) in [7, 11) is 0. The van der Waals surface area contributed by atoms with Crippen molar-refractivity contribution < 1.29 is 14.3 Å². The number of amides is 2. The predicted octanol–water partition coefficient (Wildman–Crippen LogP) is 1.79. The van der Waals surface area contributed by atoms with Crippen LogP contribution in [-0.4, -0.2) is 67.5 Å². The molecule has 3 rings (SSSR count). The molecule has 0 unspecified atom stereocenters. The summed E-state index contributed by atoms with van der Waals surface area (Å²) in [6.45, 7) is 6.00. The molecular formula is C19H24ClN3O3. The minimum Gasteiger partial charge on any atom is -0.488 e. The summed E-state index contributed by atoms with van der Waals surface area (Å²) in [5.74, 6) is 0.773. The molecule has 0 bridgehead atoms. The van der Waals surface area contributed by atoms with Crippen molar-refractivity contribution >= 4 is 29.5 Å². The molecule has 0 radical (unpaired) electrons. The second-order valence-corrected chi connectivity index (χ2v) is 6.95. The number of rotatable bonds is 4. The summed E-state index contributed by atoms with van der Waals surface area (Å²) < 4.78 is 5.70. The van der Waals surface area contributed by atoms with Crippen LogP contribution in [0.1, 0.15) is 18.9 Å². The lowest BCUT2D eigenvalue weighted by molar-refractivity contribution is -0.127. The number of carbonyl (C=O) groups excluding carboxylic acids is 2. The molecule has 1 N–H and O–H groups in total. The Balaban J connectivity index is 1.63. The Hall–Kier alpha value is -2.05. The molecule has 0 atom stereocenters. The molecule has 1 aromatic carbocycles. The number of ether oxygens (including phenoxy) is 1. The van der Waals surface area contributed by atoms with E-state index in [1.165, 1.54) is 0 Å². The Labute approximate surface area is 158 Å². The van der Waals surface area contributed by atoms with E-state index in [0.717, 1.165) is 24.3 Å². The summed E-state index contributed by atoms with van der Waals surface area (Å²) in [5, 5.41) is 3.43. The maximum absolute atomic E-state index is 12.9. The van der Waals surface area contributed by atoms with E-state index >= 15 is 0 Å². The monoisotopic (exact) mass is 377 g/mol. The van der Waals surface area contributed by atoms with Gasteiger partial charge in [0.05, 0.1) is 12.1 Å². The van der Waals surface area contributed by atoms with Crippen LogP contribution in [0.4, 0.5) is 0 Å². The zero-order valence-electron chi connectivity index (χ0n) is 15.0. The lowest BCUT2D eigenvalue weighted by atomic mass is 10.1. The van der Waals surface area contributed by atoms with E-state index in [2.05, 4.69) is 10.2 Å². The average molecular weight is 378 g/mol. The number of benzene rings is 1. The summed E-state index contributed by atoms with van der Waals surface area (Å²) in [4.78, 5) is 28.6. The van der Waals surface area contributed by atoms with Gasteiger partial charge in [-0.1, -0.05) is 11.6 Å². The van der Waals surface area contributed by atoms with Crippen molar-refractivity contribution in [2.75, 3.05) is 45.9 Å². The standard InChI is InChI=1S/C19H24ClN3O3/c1-2-21-18(24)12-22-6-3-7-23(9-8-22)19(25)15-10-14-11-16(20)4-5-17(14)26-13-15/h4-5,10-11H,2-3,6-9,12-13H2,1H3,(H,21,24). The molecule has 0 aliphatic carbocycles. The van der Waals surface area contributed by atoms with Gasteiger partial charge in [-0.25, -0.2) is 0 Å². The molecule has 0 spiro atoms. The molecule has 0 aromatic heterocycles. The number of hydrogen-bond donors (Lipinski definition) is 1. The number of nitrogens with zero attached hydrogens (tertiary/aromatic N) is 2. The van der Waals surface area contributed by atoms with Crippen molar-refractivity contribution in [3.63, 3.8) is 0 Å². The smallest absolute Gasteiger partial charge is 0.253 e. The summed E-state index contributed by atoms with van der Waals surface area (Å²) >= 11 is 6.04. The van der Waals surface area contributed by atoms with Crippen LogP contribution in [0.15, 0.2) is 23.8 Å². The highest BCUT2D eigenvalue weighted by molar-refractivity contribution is 6.30. The normalized spacial score (nSPS) is 17.6. The Morgan fingerprint density at radius 1 is 1.23 bits per heavy atom. The molecule has 140 valence electrons. The Bertz CT molecular complexity index is 720. The lowest BCUT2D eigenvalue weighted by Crippen LogP contribution is -2.40. The van der Waals surface area contributed by atoms with Gasteiger partial charge in [-0.3, -0.25) is 14.5 Å². The second-order valence-electron chi connectivity index (χ2n) is 6.52. The third kappa shape index (κ3) is 4.56. The summed E-state index contributed by atoms with van der Waals surface area (Å²) in [6, 6.07) is 5.40. The van der Waals surface area contributed by atoms with Gasteiger partial charge in [0, 0.05) is 43.3 Å². The highest BCUT2D eigenvalue weighted by Crippen LogP contribution is 2.29. The van der Waals surface area contributed by atoms with Crippen LogP contribution in [0.2, 0.25) is 5.02 Å². The minimum atomic E-state index is -0.00418. The third-order valence-corrected chi connectivity index (χ3v) is 4.81. The number of carbonyl (C=O) groups is 2. The van der Waals surface area contributed by atoms with E-state index in [0.29, 0.717) is 43.3 Å². The zero-order chi connectivity index (χ0) is 18.5. The van der Waals surface area contributed by atoms with E-state index in [1.807, 2.05) is 24.0 Å². The third-order valence-electron chi connectivity index (χ3n) is 4.58. The predicted molar refractivity (Wildman–Crippen MR) is 101 cm³/mol. The van der Waals surface area contributed by atoms with E-state index in [4.69, 9.17) is 16.3 Å². The first kappa shape index (κ1) is 18.7. The SMILES string of the molecule is CCNC(=O)CN1CCCN(C(=O)C2=Cc3cc(Cl)ccc3OC2)CC1. The molecule has 2 aliphatic heterocycles. The maximum atomic E-state index is 12.9. The molecule has 2 heterocycles. The molecule has 6 nitrogen and oxygen atoms in total. The van der Waals surface area contributed by atoms with E-state index in [-0.39, 0.29) is 18.4 Å². The molecular weight excluding hydrogens is 354 g/mol. The van der Waals surface area contributed by atoms with Gasteiger partial charge in [-0.2, -0.15) is 0 Å². The van der Waals surface area contributed by atoms with E-state index in [1.54, 1.807) is 12.1 Å². The first-order valence-corrected chi connectivity index (χ1v) is 9.36. The first-order chi connectivity index (χ1) is 12.6. The van der Waals surface area contributed by atoms with Gasteiger partial charge in [0.2, 0.25) is 5.91 Å². The summed E-state index contributed by atoms with van der Waals surface area (Å²) in [6.07, 6.45) is 2.71. The molecule has 2 amide bonds. The number of likely N-dealkylation sites (N-methyl/N-ethyl adjacent to an activating group) is 1. The van der Waals surface area contributed by atoms with Crippen LogP contribution in [-0.2, 0) is 9.59 Å². The van der Waals surface area contributed by atoms with Crippen molar-refractivity contribution in [2.24, 2.45) is 0 Å². The van der Waals surface area contributed by atoms with Crippen molar-refractivity contribution in [1.82, 2.24) is 15.1 Å². The molecule has 1 saturated heterocycles. The molecule has 7 heteroatoms. The lowest BCUT2D eigenvalue weighted by Gasteiger charge is -2.25. The summed E-state index contributed by atoms with van der Waals surface area (Å²) in [5.41, 5.74) is 1.47. The topological polar surface area (TPSA) is 61.9 Å². The van der Waals surface area contributed by atoms with Crippen LogP contribution in [0, 0.1) is 0 Å². The Morgan fingerprint density at radius 3 is 2.88 bits per heavy atom. The minimum absolute atomic E-state index is 0.00418. The van der Waals surface area contributed by atoms with Gasteiger partial charge in [0.15, 0.2) is 0 Å². The van der Waals surface area contributed by atoms with Crippen molar-refractivity contribution in [3.8, 4) is 5.75 Å². The highest BCUT2D eigenvalue weighted by atomic mass is 35.5. The number of nitrogens with one attached hydrogen (secondary N) is 1. The van der Waals surface area contributed by atoms with Gasteiger partial charge < -0.3 is 15.0 Å². The fraction of sp³-hybridized carbons (Fsp3) is 0.474. The molecule has 0 saturated carbocycles. The van der Waals surface area contributed by atoms with Crippen LogP contribution >= 0.6 is 11.6 Å². The molecule has 1 fully saturated rings. The van der Waals surface area contributed by atoms with Crippen molar-refractivity contribution in [1.29, 1.82) is 0 Å². The molecule has 2 aliphatic rings. The number of hydrogen-bond acceptors (Lipinski definition) is 4. The van der Waals surface area contributed by atoms with E-state index in [9.17, 15) is 9.59 Å². The van der Waals surface area contributed by atoms with Crippen molar-refractivity contribution in [3.05, 3.63) is 34.4 Å². The van der Waals surface area contributed by atoms with Gasteiger partial charge in [-0.05, 0) is 37.6 Å². The molecule has 26 heavy (non-hydrogen) atoms. The van der Waals surface area contributed by atoms with Gasteiger partial charge in [0.1, 0.15) is 12.4 Å². The van der Waals surface area contributed by atoms with Crippen LogP contribution in [0.25, 0.3) is 6.08 Å². The van der Waals surface area contributed by atoms with Gasteiger partial charge in [-0.15, -0.1) is 0 Å². The van der Waals surface area contributed by atoms with Crippen LogP contribution in [0.3, 0.4) is 0 Å². The average Bonchev–Trinajstić information content (AvgIpc) is 2.86. The maximum Gasteiger partial charge on any atom is 0.253 e. The van der Waals surface area contributed by atoms with Crippen LogP contribution in [0.5, 0.6) is 5.75 Å². The first-order valence-electron chi connectivity index (χ1n) is 8.98. The number of fused-ring (bicyclic) bond motifs is 1. The quantitative estimate of drug-likeness (QED) is 0.869. The molecule has 1 aromatic rings. The van der Waals surface area contributed by atoms with Gasteiger partial charge >= 0.3 is 0 Å². The largest absolute Gasteiger partial charge is 0.488 e. The highest BCUT2D eigenvalue weighted by Gasteiger charge is 2.25. The Kier molecular flexibility index (Phi) is 6.16. The van der Waals surface area contributed by atoms with Crippen molar-refractivity contribution in [2.45, 2.75) is 13.3 Å². The fourth-order valence-electron chi connectivity index (χ4n) is 3.26. The fourth-order valence-corrected chi connectivity index (χ4v) is 3.44. The Morgan fingerprint density at radius 2 is 2.08 bits per heavy atom. The zero-order valence-corrected chi connectivity index (χ0v) is 15.7. The second kappa shape index (κ2) is 8.56. The van der Waals surface area contributed by atoms with Crippen LogP contribution < -0.4 is 10.1 Å². The van der Waals surface area contributed by atoms with Gasteiger partial charge in [0.25, 0.3) is 5.91 Å².